The first-order chi connectivity index (χ1) is 13.6. The summed E-state index contributed by atoms with van der Waals surface area (Å²) in [6, 6.07) is 0.906. The van der Waals surface area contributed by atoms with Gasteiger partial charge in [-0.05, 0) is 69.6 Å². The molecule has 29 heavy (non-hydrogen) atoms. The van der Waals surface area contributed by atoms with E-state index in [0.717, 1.165) is 66.7 Å². The predicted molar refractivity (Wildman–Crippen MR) is 111 cm³/mol. The van der Waals surface area contributed by atoms with Crippen molar-refractivity contribution in [2.45, 2.75) is 63.0 Å². The van der Waals surface area contributed by atoms with Crippen molar-refractivity contribution in [1.82, 2.24) is 14.8 Å². The van der Waals surface area contributed by atoms with E-state index in [1.807, 2.05) is 0 Å². The van der Waals surface area contributed by atoms with Crippen LogP contribution in [0.15, 0.2) is 15.5 Å². The third-order valence-electron chi connectivity index (χ3n) is 5.61. The number of aromatic nitrogens is 3. The first-order valence-corrected chi connectivity index (χ1v) is 11.8. The molecule has 2 aromatic rings. The van der Waals surface area contributed by atoms with Crippen molar-refractivity contribution in [3.63, 3.8) is 0 Å². The van der Waals surface area contributed by atoms with Gasteiger partial charge in [0.25, 0.3) is 0 Å². The fourth-order valence-corrected chi connectivity index (χ4v) is 5.33. The van der Waals surface area contributed by atoms with Crippen molar-refractivity contribution in [1.29, 1.82) is 0 Å². The van der Waals surface area contributed by atoms with Crippen LogP contribution in [0.3, 0.4) is 0 Å². The number of rotatable bonds is 3. The zero-order chi connectivity index (χ0) is 21.0. The highest BCUT2D eigenvalue weighted by Gasteiger charge is 2.27. The van der Waals surface area contributed by atoms with Crippen LogP contribution in [0.2, 0.25) is 0 Å². The van der Waals surface area contributed by atoms with Crippen molar-refractivity contribution >= 4 is 21.4 Å². The number of carbonyl (C=O) groups excluding carboxylic acids is 1. The lowest BCUT2D eigenvalue weighted by molar-refractivity contribution is 0.0695. The number of fused-ring (bicyclic) bond motifs is 2. The summed E-state index contributed by atoms with van der Waals surface area (Å²) in [5, 5.41) is 17.5. The zero-order valence-corrected chi connectivity index (χ0v) is 18.1. The fraction of sp³-hybridized carbons (Fsp3) is 0.550. The lowest BCUT2D eigenvalue weighted by atomic mass is 10.1. The fourth-order valence-electron chi connectivity index (χ4n) is 4.27. The van der Waals surface area contributed by atoms with Crippen LogP contribution in [0.1, 0.15) is 54.9 Å². The number of hydrogen-bond acceptors (Lipinski definition) is 5. The van der Waals surface area contributed by atoms with Gasteiger partial charge in [0.2, 0.25) is 0 Å². The Hall–Kier alpha value is -2.26. The number of anilines is 1. The Bertz CT molecular complexity index is 1090. The van der Waals surface area contributed by atoms with Gasteiger partial charge in [0.05, 0.1) is 11.4 Å². The van der Waals surface area contributed by atoms with E-state index >= 15 is 0 Å². The van der Waals surface area contributed by atoms with E-state index in [4.69, 9.17) is 4.98 Å². The number of aliphatic hydroxyl groups is 1. The van der Waals surface area contributed by atoms with Gasteiger partial charge in [-0.1, -0.05) is 0 Å². The van der Waals surface area contributed by atoms with Crippen molar-refractivity contribution in [3.05, 3.63) is 34.3 Å². The van der Waals surface area contributed by atoms with Gasteiger partial charge in [0.15, 0.2) is 5.03 Å². The molecule has 0 fully saturated rings. The molecule has 0 aromatic carbocycles. The number of aryl methyl sites for hydroxylation is 3. The number of carbonyl (C=O) groups is 1. The molecule has 2 aliphatic rings. The Morgan fingerprint density at radius 2 is 1.79 bits per heavy atom. The van der Waals surface area contributed by atoms with Crippen LogP contribution in [0.25, 0.3) is 0 Å². The minimum atomic E-state index is -3.07. The molecule has 1 atom stereocenters. The molecule has 0 spiro atoms. The Morgan fingerprint density at radius 3 is 2.31 bits per heavy atom. The maximum absolute atomic E-state index is 13.2. The first-order valence-electron chi connectivity index (χ1n) is 9.90. The second-order valence-electron chi connectivity index (χ2n) is 8.42. The predicted octanol–water partition coefficient (Wildman–Crippen LogP) is 2.71. The third kappa shape index (κ3) is 3.69. The van der Waals surface area contributed by atoms with Crippen molar-refractivity contribution in [2.75, 3.05) is 11.6 Å². The van der Waals surface area contributed by atoms with Crippen LogP contribution < -0.4 is 5.32 Å². The smallest absolute Gasteiger partial charge is 0.353 e. The molecule has 4 rings (SSSR count). The Balaban J connectivity index is 1.67. The van der Waals surface area contributed by atoms with E-state index in [9.17, 15) is 14.1 Å². The van der Waals surface area contributed by atoms with Gasteiger partial charge in [-0.3, -0.25) is 9.67 Å². The van der Waals surface area contributed by atoms with E-state index in [1.54, 1.807) is 27.0 Å². The van der Waals surface area contributed by atoms with Crippen LogP contribution in [-0.2, 0) is 48.1 Å². The largest absolute Gasteiger partial charge is 0.384 e. The van der Waals surface area contributed by atoms with E-state index in [-0.39, 0.29) is 5.03 Å². The number of nitrogens with zero attached hydrogens (tertiary/aromatic N) is 4. The van der Waals surface area contributed by atoms with Crippen molar-refractivity contribution in [3.8, 4) is 0 Å². The molecule has 1 unspecified atom stereocenters. The molecule has 2 aromatic heterocycles. The second-order valence-corrected chi connectivity index (χ2v) is 10.6. The summed E-state index contributed by atoms with van der Waals surface area (Å²) in [6.07, 6.45) is 7.10. The average Bonchev–Trinajstić information content (AvgIpc) is 3.31. The number of hydrogen-bond donors (Lipinski definition) is 2. The highest BCUT2D eigenvalue weighted by Crippen LogP contribution is 2.36. The quantitative estimate of drug-likeness (QED) is 0.798. The number of nitrogens with one attached hydrogen (secondary N) is 1. The normalized spacial score (nSPS) is 17.6. The summed E-state index contributed by atoms with van der Waals surface area (Å²) in [5.74, 6) is 0. The molecule has 2 N–H and O–H groups in total. The molecule has 2 amide bonds. The van der Waals surface area contributed by atoms with Crippen LogP contribution in [0.4, 0.5) is 10.5 Å². The summed E-state index contributed by atoms with van der Waals surface area (Å²) < 4.78 is 18.6. The van der Waals surface area contributed by atoms with Crippen LogP contribution >= 0.6 is 0 Å². The minimum absolute atomic E-state index is 0.178. The number of pyridine rings is 1. The van der Waals surface area contributed by atoms with Crippen LogP contribution in [0.5, 0.6) is 0 Å². The lowest BCUT2D eigenvalue weighted by Gasteiger charge is -2.16. The molecular formula is C20H27N5O3S. The first kappa shape index (κ1) is 20.0. The summed E-state index contributed by atoms with van der Waals surface area (Å²) >= 11 is 0. The summed E-state index contributed by atoms with van der Waals surface area (Å²) in [6.45, 7) is 3.25. The maximum Gasteiger partial charge on any atom is 0.353 e. The molecule has 0 bridgehead atoms. The molecule has 0 aliphatic heterocycles. The van der Waals surface area contributed by atoms with E-state index in [2.05, 4.69) is 14.8 Å². The Kier molecular flexibility index (Phi) is 4.77. The van der Waals surface area contributed by atoms with Crippen LogP contribution in [-0.4, -0.2) is 36.4 Å². The summed E-state index contributed by atoms with van der Waals surface area (Å²) in [5.41, 5.74) is 4.51. The molecule has 2 aliphatic carbocycles. The van der Waals surface area contributed by atoms with Crippen molar-refractivity contribution in [2.24, 2.45) is 11.4 Å². The van der Waals surface area contributed by atoms with Gasteiger partial charge in [0.1, 0.15) is 15.3 Å². The average molecular weight is 418 g/mol. The van der Waals surface area contributed by atoms with Gasteiger partial charge < -0.3 is 10.4 Å². The third-order valence-corrected chi connectivity index (χ3v) is 7.10. The van der Waals surface area contributed by atoms with Gasteiger partial charge in [-0.2, -0.15) is 5.10 Å². The highest BCUT2D eigenvalue weighted by atomic mass is 32.2. The molecule has 9 heteroatoms. The summed E-state index contributed by atoms with van der Waals surface area (Å²) in [4.78, 5) is 17.5. The second kappa shape index (κ2) is 6.91. The van der Waals surface area contributed by atoms with E-state index < -0.39 is 21.4 Å². The Labute approximate surface area is 170 Å². The van der Waals surface area contributed by atoms with E-state index in [1.165, 1.54) is 10.9 Å². The molecule has 8 nitrogen and oxygen atoms in total. The highest BCUT2D eigenvalue weighted by molar-refractivity contribution is 7.93. The lowest BCUT2D eigenvalue weighted by Crippen LogP contribution is -2.19. The van der Waals surface area contributed by atoms with Crippen molar-refractivity contribution < 1.29 is 14.1 Å². The molecule has 156 valence electrons. The standard InChI is InChI=1S/C20H27N5O3S/c1-20(2,27)16-11-17(23-25(16)3)29(4,28)24-19(26)22-18-12-7-5-9-14(12)21-15-10-6-8-13(15)18/h11,27H,5-10H2,1-4H3,(H,21,22,26). The van der Waals surface area contributed by atoms with E-state index in [0.29, 0.717) is 5.69 Å². The van der Waals surface area contributed by atoms with Crippen LogP contribution in [0, 0.1) is 0 Å². The molecule has 0 saturated carbocycles. The number of amides is 2. The molecular weight excluding hydrogens is 390 g/mol. The maximum atomic E-state index is 13.2. The van der Waals surface area contributed by atoms with Gasteiger partial charge >= 0.3 is 6.03 Å². The monoisotopic (exact) mass is 417 g/mol. The van der Waals surface area contributed by atoms with Gasteiger partial charge in [0, 0.05) is 24.7 Å². The molecule has 2 heterocycles. The topological polar surface area (TPSA) is 109 Å². The Morgan fingerprint density at radius 1 is 1.21 bits per heavy atom. The summed E-state index contributed by atoms with van der Waals surface area (Å²) in [7, 11) is -1.40. The number of urea groups is 1. The van der Waals surface area contributed by atoms with Gasteiger partial charge in [-0.15, -0.1) is 4.36 Å². The SMILES string of the molecule is Cn1nc(S(C)(=O)=NC(=O)Nc2c3c(nc4c2CCC4)CCC3)cc1C(C)(C)O. The zero-order valence-electron chi connectivity index (χ0n) is 17.3. The van der Waals surface area contributed by atoms with Gasteiger partial charge in [-0.25, -0.2) is 9.00 Å². The molecule has 0 saturated heterocycles. The molecule has 0 radical (unpaired) electrons. The minimum Gasteiger partial charge on any atom is -0.384 e.